The normalized spacial score (nSPS) is 12.9. The van der Waals surface area contributed by atoms with Gasteiger partial charge in [-0.25, -0.2) is 0 Å². The van der Waals surface area contributed by atoms with E-state index in [1.807, 2.05) is 12.2 Å². The van der Waals surface area contributed by atoms with Crippen LogP contribution in [0.25, 0.3) is 0 Å². The summed E-state index contributed by atoms with van der Waals surface area (Å²) >= 11 is 0. The van der Waals surface area contributed by atoms with Crippen LogP contribution in [-0.4, -0.2) is 37.2 Å². The molecule has 358 valence electrons. The first-order valence-electron chi connectivity index (χ1n) is 25.7. The molecule has 63 heavy (non-hydrogen) atoms. The first-order chi connectivity index (χ1) is 31.0. The van der Waals surface area contributed by atoms with Crippen molar-refractivity contribution in [2.24, 2.45) is 0 Å². The maximum atomic E-state index is 12.8. The summed E-state index contributed by atoms with van der Waals surface area (Å²) in [5.41, 5.74) is 0. The van der Waals surface area contributed by atoms with Crippen molar-refractivity contribution in [3.63, 3.8) is 0 Å². The summed E-state index contributed by atoms with van der Waals surface area (Å²) in [7, 11) is 0. The number of carbonyl (C=O) groups excluding carboxylic acids is 3. The average molecular weight is 875 g/mol. The molecule has 0 saturated carbocycles. The molecule has 0 aromatic heterocycles. The zero-order valence-electron chi connectivity index (χ0n) is 40.8. The number of allylic oxidation sites excluding steroid dienone is 16. The van der Waals surface area contributed by atoms with Crippen LogP contribution < -0.4 is 0 Å². The second-order valence-electron chi connectivity index (χ2n) is 16.7. The third-order valence-corrected chi connectivity index (χ3v) is 10.6. The van der Waals surface area contributed by atoms with Gasteiger partial charge in [0.25, 0.3) is 0 Å². The topological polar surface area (TPSA) is 78.9 Å². The van der Waals surface area contributed by atoms with Gasteiger partial charge in [0.2, 0.25) is 0 Å². The Balaban J connectivity index is 4.49. The quantitative estimate of drug-likeness (QED) is 0.0262. The van der Waals surface area contributed by atoms with Gasteiger partial charge in [-0.05, 0) is 103 Å². The predicted octanol–water partition coefficient (Wildman–Crippen LogP) is 17.0. The predicted molar refractivity (Wildman–Crippen MR) is 270 cm³/mol. The Morgan fingerprint density at radius 2 is 0.667 bits per heavy atom. The van der Waals surface area contributed by atoms with E-state index in [9.17, 15) is 14.4 Å². The Bertz CT molecular complexity index is 1280. The van der Waals surface area contributed by atoms with Crippen molar-refractivity contribution in [3.05, 3.63) is 97.2 Å². The Kier molecular flexibility index (Phi) is 48.0. The molecule has 0 heterocycles. The molecular weight excluding hydrogens is 781 g/mol. The van der Waals surface area contributed by atoms with Crippen LogP contribution in [0.4, 0.5) is 0 Å². The Morgan fingerprint density at radius 1 is 0.333 bits per heavy atom. The second kappa shape index (κ2) is 51.0. The van der Waals surface area contributed by atoms with Gasteiger partial charge in [0, 0.05) is 19.3 Å². The number of rotatable bonds is 45. The molecule has 0 aromatic rings. The first kappa shape index (κ1) is 59.3. The molecule has 0 saturated heterocycles. The maximum Gasteiger partial charge on any atom is 0.306 e. The third-order valence-electron chi connectivity index (χ3n) is 10.6. The highest BCUT2D eigenvalue weighted by atomic mass is 16.6. The number of ether oxygens (including phenoxy) is 3. The fourth-order valence-electron chi connectivity index (χ4n) is 6.68. The van der Waals surface area contributed by atoms with Crippen LogP contribution in [0.15, 0.2) is 97.2 Å². The number of hydrogen-bond acceptors (Lipinski definition) is 6. The summed E-state index contributed by atoms with van der Waals surface area (Å²) in [6, 6.07) is 0. The first-order valence-corrected chi connectivity index (χ1v) is 25.7. The minimum atomic E-state index is -0.817. The van der Waals surface area contributed by atoms with E-state index in [0.717, 1.165) is 103 Å². The summed E-state index contributed by atoms with van der Waals surface area (Å²) in [5, 5.41) is 0. The van der Waals surface area contributed by atoms with E-state index in [4.69, 9.17) is 14.2 Å². The van der Waals surface area contributed by atoms with E-state index in [1.54, 1.807) is 0 Å². The van der Waals surface area contributed by atoms with Crippen molar-refractivity contribution < 1.29 is 28.6 Å². The second-order valence-corrected chi connectivity index (χ2v) is 16.7. The summed E-state index contributed by atoms with van der Waals surface area (Å²) < 4.78 is 16.7. The van der Waals surface area contributed by atoms with Gasteiger partial charge in [0.1, 0.15) is 13.2 Å². The van der Waals surface area contributed by atoms with Crippen molar-refractivity contribution in [2.45, 2.75) is 232 Å². The van der Waals surface area contributed by atoms with Crippen LogP contribution in [0.3, 0.4) is 0 Å². The van der Waals surface area contributed by atoms with Gasteiger partial charge in [-0.1, -0.05) is 201 Å². The number of esters is 3. The molecule has 0 aliphatic carbocycles. The van der Waals surface area contributed by atoms with E-state index >= 15 is 0 Å². The van der Waals surface area contributed by atoms with E-state index in [0.29, 0.717) is 19.3 Å². The molecule has 1 unspecified atom stereocenters. The minimum absolute atomic E-state index is 0.111. The summed E-state index contributed by atoms with van der Waals surface area (Å²) in [6.45, 7) is 6.37. The number of hydrogen-bond donors (Lipinski definition) is 0. The minimum Gasteiger partial charge on any atom is -0.462 e. The van der Waals surface area contributed by atoms with Gasteiger partial charge in [0.05, 0.1) is 0 Å². The smallest absolute Gasteiger partial charge is 0.306 e. The highest BCUT2D eigenvalue weighted by Crippen LogP contribution is 2.13. The monoisotopic (exact) mass is 875 g/mol. The van der Waals surface area contributed by atoms with Crippen LogP contribution in [-0.2, 0) is 28.6 Å². The SMILES string of the molecule is CC/C=C\C/C=C\C/C=C\C/C=C\CCC(=O)OCC(COC(=O)CCCCCCCCC/C=C\C/C=C\CCCCCC)OC(=O)CCCCCCC/C=C\C/C=C\CCCC. The fraction of sp³-hybridized carbons (Fsp3) is 0.667. The van der Waals surface area contributed by atoms with Gasteiger partial charge < -0.3 is 14.2 Å². The van der Waals surface area contributed by atoms with Crippen LogP contribution in [0.5, 0.6) is 0 Å². The number of carbonyl (C=O) groups is 3. The van der Waals surface area contributed by atoms with E-state index in [2.05, 4.69) is 106 Å². The van der Waals surface area contributed by atoms with E-state index in [1.165, 1.54) is 77.0 Å². The van der Waals surface area contributed by atoms with Crippen molar-refractivity contribution >= 4 is 17.9 Å². The highest BCUT2D eigenvalue weighted by Gasteiger charge is 2.19. The molecule has 0 radical (unpaired) electrons. The standard InChI is InChI=1S/C57H94O6/c1-4-7-10-13-16-19-22-25-27-28-29-30-33-35-38-41-44-47-50-56(59)62-53-54(52-61-55(58)49-46-43-40-37-34-31-24-21-18-15-12-9-6-3)63-57(60)51-48-45-42-39-36-32-26-23-20-17-14-11-8-5-2/h9,12,14,17-19,21-23,26-28,31,34,40,43,54H,4-8,10-11,13,15-16,20,24-25,29-30,32-33,35-39,41-42,44-53H2,1-3H3/b12-9-,17-14-,21-18-,22-19-,26-23-,28-27-,34-31-,43-40-. The van der Waals surface area contributed by atoms with Gasteiger partial charge in [-0.3, -0.25) is 14.4 Å². The Hall–Kier alpha value is -3.67. The molecule has 0 aliphatic heterocycles. The summed E-state index contributed by atoms with van der Waals surface area (Å²) in [4.78, 5) is 37.9. The fourth-order valence-corrected chi connectivity index (χ4v) is 6.68. The van der Waals surface area contributed by atoms with E-state index < -0.39 is 6.10 Å². The lowest BCUT2D eigenvalue weighted by atomic mass is 10.1. The Labute approximate surface area is 387 Å². The molecule has 1 atom stereocenters. The summed E-state index contributed by atoms with van der Waals surface area (Å²) in [6.07, 6.45) is 66.9. The van der Waals surface area contributed by atoms with Crippen molar-refractivity contribution in [2.75, 3.05) is 13.2 Å². The zero-order valence-corrected chi connectivity index (χ0v) is 40.8. The van der Waals surface area contributed by atoms with Crippen LogP contribution in [0.2, 0.25) is 0 Å². The van der Waals surface area contributed by atoms with Crippen LogP contribution in [0.1, 0.15) is 226 Å². The van der Waals surface area contributed by atoms with Crippen molar-refractivity contribution in [1.29, 1.82) is 0 Å². The lowest BCUT2D eigenvalue weighted by molar-refractivity contribution is -0.166. The molecule has 0 fully saturated rings. The lowest BCUT2D eigenvalue weighted by Crippen LogP contribution is -2.30. The highest BCUT2D eigenvalue weighted by molar-refractivity contribution is 5.71. The van der Waals surface area contributed by atoms with Gasteiger partial charge in [-0.2, -0.15) is 0 Å². The van der Waals surface area contributed by atoms with E-state index in [-0.39, 0.29) is 37.5 Å². The van der Waals surface area contributed by atoms with Crippen molar-refractivity contribution in [1.82, 2.24) is 0 Å². The molecule has 0 aliphatic rings. The largest absolute Gasteiger partial charge is 0.462 e. The van der Waals surface area contributed by atoms with Gasteiger partial charge in [-0.15, -0.1) is 0 Å². The molecule has 0 amide bonds. The van der Waals surface area contributed by atoms with Gasteiger partial charge >= 0.3 is 17.9 Å². The third kappa shape index (κ3) is 49.2. The maximum absolute atomic E-state index is 12.8. The summed E-state index contributed by atoms with van der Waals surface area (Å²) in [5.74, 6) is -1.02. The van der Waals surface area contributed by atoms with Crippen LogP contribution >= 0.6 is 0 Å². The molecule has 6 nitrogen and oxygen atoms in total. The average Bonchev–Trinajstić information content (AvgIpc) is 3.28. The molecule has 0 N–H and O–H groups in total. The Morgan fingerprint density at radius 3 is 1.11 bits per heavy atom. The lowest BCUT2D eigenvalue weighted by Gasteiger charge is -2.18. The molecule has 0 spiro atoms. The molecule has 0 aromatic carbocycles. The number of unbranched alkanes of at least 4 members (excludes halogenated alkanes) is 18. The molecule has 0 rings (SSSR count). The zero-order chi connectivity index (χ0) is 45.8. The molecule has 6 heteroatoms. The van der Waals surface area contributed by atoms with Gasteiger partial charge in [0.15, 0.2) is 6.10 Å². The molecule has 0 bridgehead atoms. The van der Waals surface area contributed by atoms with Crippen LogP contribution in [0, 0.1) is 0 Å². The molecular formula is C57H94O6. The van der Waals surface area contributed by atoms with Crippen molar-refractivity contribution in [3.8, 4) is 0 Å².